The van der Waals surface area contributed by atoms with Crippen LogP contribution in [0.2, 0.25) is 0 Å². The molecule has 1 fully saturated rings. The topological polar surface area (TPSA) is 102 Å². The molecule has 1 aliphatic heterocycles. The van der Waals surface area contributed by atoms with Crippen molar-refractivity contribution in [3.05, 3.63) is 34.0 Å². The van der Waals surface area contributed by atoms with Gasteiger partial charge in [-0.3, -0.25) is 9.59 Å². The van der Waals surface area contributed by atoms with Crippen molar-refractivity contribution in [2.24, 2.45) is 5.92 Å². The second-order valence-electron chi connectivity index (χ2n) is 9.26. The fourth-order valence-corrected chi connectivity index (χ4v) is 4.47. The Hall–Kier alpha value is -2.68. The van der Waals surface area contributed by atoms with E-state index in [0.29, 0.717) is 37.9 Å². The van der Waals surface area contributed by atoms with Crippen LogP contribution in [0.3, 0.4) is 0 Å². The Balaban J connectivity index is 1.54. The zero-order chi connectivity index (χ0) is 22.8. The molecular formula is C23H32N4O5. The highest BCUT2D eigenvalue weighted by atomic mass is 16.5. The van der Waals surface area contributed by atoms with E-state index in [1.807, 2.05) is 13.8 Å². The lowest BCUT2D eigenvalue weighted by Gasteiger charge is -2.26. The number of carbonyl (C=O) groups excluding carboxylic acids is 2. The van der Waals surface area contributed by atoms with Crippen molar-refractivity contribution < 1.29 is 23.4 Å². The summed E-state index contributed by atoms with van der Waals surface area (Å²) in [6.07, 6.45) is 3.34. The lowest BCUT2D eigenvalue weighted by atomic mass is 9.96. The molecule has 0 N–H and O–H groups in total. The van der Waals surface area contributed by atoms with Gasteiger partial charge in [-0.25, -0.2) is 0 Å². The van der Waals surface area contributed by atoms with E-state index >= 15 is 0 Å². The molecule has 0 saturated carbocycles. The van der Waals surface area contributed by atoms with E-state index in [9.17, 15) is 9.59 Å². The van der Waals surface area contributed by atoms with Crippen LogP contribution in [0.4, 0.5) is 0 Å². The van der Waals surface area contributed by atoms with Crippen molar-refractivity contribution in [3.63, 3.8) is 0 Å². The van der Waals surface area contributed by atoms with Crippen LogP contribution in [0.5, 0.6) is 0 Å². The molecule has 9 nitrogen and oxygen atoms in total. The highest BCUT2D eigenvalue weighted by Gasteiger charge is 2.35. The number of aromatic nitrogens is 2. The van der Waals surface area contributed by atoms with Gasteiger partial charge in [0.05, 0.1) is 24.1 Å². The predicted octanol–water partition coefficient (Wildman–Crippen LogP) is 2.68. The van der Waals surface area contributed by atoms with Gasteiger partial charge in [0, 0.05) is 30.8 Å². The Labute approximate surface area is 188 Å². The molecule has 0 radical (unpaired) electrons. The van der Waals surface area contributed by atoms with E-state index in [2.05, 4.69) is 24.2 Å². The minimum Gasteiger partial charge on any atom is -0.370 e. The van der Waals surface area contributed by atoms with E-state index in [1.165, 1.54) is 0 Å². The van der Waals surface area contributed by atoms with Gasteiger partial charge in [-0.1, -0.05) is 24.2 Å². The van der Waals surface area contributed by atoms with Crippen molar-refractivity contribution in [1.82, 2.24) is 20.1 Å². The molecule has 4 rings (SSSR count). The molecule has 1 unspecified atom stereocenters. The third-order valence-corrected chi connectivity index (χ3v) is 6.20. The minimum atomic E-state index is -0.336. The maximum atomic E-state index is 13.4. The average Bonchev–Trinajstić information content (AvgIpc) is 3.28. The zero-order valence-electron chi connectivity index (χ0n) is 19.3. The van der Waals surface area contributed by atoms with E-state index in [4.69, 9.17) is 13.8 Å². The van der Waals surface area contributed by atoms with E-state index in [-0.39, 0.29) is 30.2 Å². The van der Waals surface area contributed by atoms with Crippen LogP contribution >= 0.6 is 0 Å². The van der Waals surface area contributed by atoms with Gasteiger partial charge in [0.2, 0.25) is 11.7 Å². The molecular weight excluding hydrogens is 412 g/mol. The molecule has 1 saturated heterocycles. The Bertz CT molecular complexity index is 960. The molecule has 0 spiro atoms. The number of amides is 2. The van der Waals surface area contributed by atoms with Gasteiger partial charge in [-0.2, -0.15) is 0 Å². The van der Waals surface area contributed by atoms with Crippen LogP contribution in [-0.4, -0.2) is 64.2 Å². The van der Waals surface area contributed by atoms with E-state index in [1.54, 1.807) is 9.80 Å². The van der Waals surface area contributed by atoms with Gasteiger partial charge in [0.15, 0.2) is 0 Å². The van der Waals surface area contributed by atoms with Gasteiger partial charge in [-0.05, 0) is 45.4 Å². The van der Waals surface area contributed by atoms with Gasteiger partial charge < -0.3 is 23.6 Å². The number of hydrogen-bond acceptors (Lipinski definition) is 7. The van der Waals surface area contributed by atoms with Crippen molar-refractivity contribution >= 4 is 11.8 Å². The number of rotatable bonds is 6. The Morgan fingerprint density at radius 2 is 1.94 bits per heavy atom. The smallest absolute Gasteiger partial charge is 0.293 e. The van der Waals surface area contributed by atoms with Crippen LogP contribution in [0.15, 0.2) is 9.05 Å². The molecule has 1 aliphatic carbocycles. The number of ether oxygens (including phenoxy) is 1. The molecule has 9 heteroatoms. The Morgan fingerprint density at radius 1 is 1.16 bits per heavy atom. The summed E-state index contributed by atoms with van der Waals surface area (Å²) >= 11 is 0. The first-order valence-corrected chi connectivity index (χ1v) is 11.4. The number of nitrogens with zero attached hydrogens (tertiary/aromatic N) is 4. The summed E-state index contributed by atoms with van der Waals surface area (Å²) in [4.78, 5) is 29.8. The van der Waals surface area contributed by atoms with Crippen molar-refractivity contribution in [2.45, 2.75) is 66.1 Å². The summed E-state index contributed by atoms with van der Waals surface area (Å²) in [5.41, 5.74) is 3.45. The van der Waals surface area contributed by atoms with Gasteiger partial charge in [-0.15, -0.1) is 0 Å². The van der Waals surface area contributed by atoms with Crippen LogP contribution in [0.1, 0.15) is 65.5 Å². The number of hydrogen-bond donors (Lipinski definition) is 0. The van der Waals surface area contributed by atoms with Gasteiger partial charge >= 0.3 is 0 Å². The summed E-state index contributed by atoms with van der Waals surface area (Å²) in [6.45, 7) is 9.54. The first-order chi connectivity index (χ1) is 15.3. The first kappa shape index (κ1) is 22.5. The molecule has 3 heterocycles. The molecule has 2 aromatic heterocycles. The van der Waals surface area contributed by atoms with Crippen LogP contribution < -0.4 is 0 Å². The molecule has 2 amide bonds. The van der Waals surface area contributed by atoms with E-state index < -0.39 is 0 Å². The standard InChI is InChI=1S/C23H32N4O5/c1-14(2)9-26-10-17(30-13-19-15(3)24-31-16(19)4)11-27(12-21(26)28)23(29)22-18-7-5-6-8-20(18)25-32-22/h14,17H,5-13H2,1-4H3. The number of aryl methyl sites for hydroxylation is 3. The Morgan fingerprint density at radius 3 is 2.66 bits per heavy atom. The highest BCUT2D eigenvalue weighted by Crippen LogP contribution is 2.26. The monoisotopic (exact) mass is 444 g/mol. The summed E-state index contributed by atoms with van der Waals surface area (Å²) in [5.74, 6) is 0.933. The largest absolute Gasteiger partial charge is 0.370 e. The molecule has 1 atom stereocenters. The molecule has 2 aliphatic rings. The molecule has 0 bridgehead atoms. The van der Waals surface area contributed by atoms with Gasteiger partial charge in [0.25, 0.3) is 5.91 Å². The summed E-state index contributed by atoms with van der Waals surface area (Å²) < 4.78 is 16.9. The van der Waals surface area contributed by atoms with Crippen molar-refractivity contribution in [2.75, 3.05) is 26.2 Å². The average molecular weight is 445 g/mol. The zero-order valence-corrected chi connectivity index (χ0v) is 19.3. The van der Waals surface area contributed by atoms with Crippen LogP contribution in [0, 0.1) is 19.8 Å². The lowest BCUT2D eigenvalue weighted by Crippen LogP contribution is -2.40. The second-order valence-corrected chi connectivity index (χ2v) is 9.26. The summed E-state index contributed by atoms with van der Waals surface area (Å²) in [6, 6.07) is 0. The first-order valence-electron chi connectivity index (χ1n) is 11.4. The fourth-order valence-electron chi connectivity index (χ4n) is 4.47. The fraction of sp³-hybridized carbons (Fsp3) is 0.652. The van der Waals surface area contributed by atoms with Gasteiger partial charge in [0.1, 0.15) is 12.3 Å². The maximum Gasteiger partial charge on any atom is 0.293 e. The van der Waals surface area contributed by atoms with Crippen LogP contribution in [0.25, 0.3) is 0 Å². The van der Waals surface area contributed by atoms with Crippen molar-refractivity contribution in [3.8, 4) is 0 Å². The molecule has 174 valence electrons. The highest BCUT2D eigenvalue weighted by molar-refractivity contribution is 5.95. The molecule has 0 aromatic carbocycles. The summed E-state index contributed by atoms with van der Waals surface area (Å²) in [5, 5.41) is 8.09. The SMILES string of the molecule is Cc1noc(C)c1COC1CN(CC(C)C)C(=O)CN(C(=O)c2onc3c2CCCC3)C1. The van der Waals surface area contributed by atoms with Crippen LogP contribution in [-0.2, 0) is 29.0 Å². The quantitative estimate of drug-likeness (QED) is 0.675. The number of fused-ring (bicyclic) bond motifs is 1. The Kier molecular flexibility index (Phi) is 6.64. The second kappa shape index (κ2) is 9.44. The molecule has 32 heavy (non-hydrogen) atoms. The normalized spacial score (nSPS) is 19.4. The van der Waals surface area contributed by atoms with E-state index in [0.717, 1.165) is 48.2 Å². The molecule has 2 aromatic rings. The number of carbonyl (C=O) groups is 2. The maximum absolute atomic E-state index is 13.4. The van der Waals surface area contributed by atoms with Crippen molar-refractivity contribution in [1.29, 1.82) is 0 Å². The summed E-state index contributed by atoms with van der Waals surface area (Å²) in [7, 11) is 0. The third-order valence-electron chi connectivity index (χ3n) is 6.20. The minimum absolute atomic E-state index is 0.00616. The third kappa shape index (κ3) is 4.72. The predicted molar refractivity (Wildman–Crippen MR) is 115 cm³/mol. The lowest BCUT2D eigenvalue weighted by molar-refractivity contribution is -0.132.